The lowest BCUT2D eigenvalue weighted by molar-refractivity contribution is -0.138. The zero-order valence-corrected chi connectivity index (χ0v) is 25.2. The quantitative estimate of drug-likeness (QED) is 0.405. The van der Waals surface area contributed by atoms with Crippen molar-refractivity contribution < 1.29 is 29.2 Å². The minimum absolute atomic E-state index is 0.0628. The number of methoxy groups -OCH3 is 2. The second-order valence-corrected chi connectivity index (χ2v) is 12.0. The Bertz CT molecular complexity index is 1350. The standard InChI is InChI=1S/C21H25NO3.C14H19NO3/c1-24-20-9-5-8-16-10-19-21(11-18(16)20)25-17(14-23)13-22(19)12-15-6-3-2-4-7-15;1-17-13-4-2-3-9-5-12-14(6-11(9)13)18-10(8-16)7-15-12/h2-9,17,19,21,23H,10-14H2,1H3;2-4,10,12,14-16H,5-8H2,1H3/t17-,19-,21-;10-,12-,14-/m11/s1. The maximum absolute atomic E-state index is 9.68. The van der Waals surface area contributed by atoms with Crippen molar-refractivity contribution in [3.05, 3.63) is 94.5 Å². The van der Waals surface area contributed by atoms with E-state index in [1.807, 2.05) is 24.3 Å². The molecule has 8 heteroatoms. The van der Waals surface area contributed by atoms with E-state index >= 15 is 0 Å². The first-order valence-electron chi connectivity index (χ1n) is 15.4. The van der Waals surface area contributed by atoms with Crippen LogP contribution in [0.3, 0.4) is 0 Å². The van der Waals surface area contributed by atoms with Gasteiger partial charge in [0.05, 0.1) is 51.8 Å². The van der Waals surface area contributed by atoms with Crippen LogP contribution in [0.25, 0.3) is 0 Å². The third kappa shape index (κ3) is 6.60. The summed E-state index contributed by atoms with van der Waals surface area (Å²) in [6.07, 6.45) is 3.65. The number of rotatable bonds is 6. The zero-order chi connectivity index (χ0) is 29.8. The molecule has 2 heterocycles. The Morgan fingerprint density at radius 3 is 2.02 bits per heavy atom. The number of nitrogens with one attached hydrogen (secondary N) is 1. The van der Waals surface area contributed by atoms with Crippen molar-refractivity contribution in [2.45, 2.75) is 68.7 Å². The second kappa shape index (κ2) is 13.8. The largest absolute Gasteiger partial charge is 0.496 e. The molecule has 3 aromatic rings. The molecule has 0 unspecified atom stereocenters. The van der Waals surface area contributed by atoms with Crippen LogP contribution >= 0.6 is 0 Å². The summed E-state index contributed by atoms with van der Waals surface area (Å²) in [5, 5.41) is 22.3. The van der Waals surface area contributed by atoms with Crippen LogP contribution in [0.2, 0.25) is 0 Å². The molecule has 0 amide bonds. The van der Waals surface area contributed by atoms with Crippen molar-refractivity contribution in [1.82, 2.24) is 10.2 Å². The van der Waals surface area contributed by atoms with E-state index in [-0.39, 0.29) is 37.6 Å². The molecule has 2 aliphatic carbocycles. The highest BCUT2D eigenvalue weighted by atomic mass is 16.5. The fourth-order valence-electron chi connectivity index (χ4n) is 7.18. The van der Waals surface area contributed by atoms with Crippen LogP contribution in [0.1, 0.15) is 27.8 Å². The molecule has 2 fully saturated rings. The monoisotopic (exact) mass is 588 g/mol. The number of hydrogen-bond donors (Lipinski definition) is 3. The molecule has 3 aromatic carbocycles. The van der Waals surface area contributed by atoms with Gasteiger partial charge in [0.15, 0.2) is 0 Å². The van der Waals surface area contributed by atoms with Crippen LogP contribution in [0.15, 0.2) is 66.7 Å². The molecule has 0 spiro atoms. The van der Waals surface area contributed by atoms with Gasteiger partial charge in [0.2, 0.25) is 0 Å². The van der Waals surface area contributed by atoms with Gasteiger partial charge in [0.1, 0.15) is 11.5 Å². The summed E-state index contributed by atoms with van der Waals surface area (Å²) in [6.45, 7) is 2.53. The summed E-state index contributed by atoms with van der Waals surface area (Å²) < 4.78 is 23.1. The minimum Gasteiger partial charge on any atom is -0.496 e. The average Bonchev–Trinajstić information content (AvgIpc) is 3.06. The number of benzene rings is 3. The molecule has 7 rings (SSSR count). The molecule has 43 heavy (non-hydrogen) atoms. The second-order valence-electron chi connectivity index (χ2n) is 12.0. The number of aliphatic hydroxyl groups is 2. The van der Waals surface area contributed by atoms with Gasteiger partial charge in [-0.15, -0.1) is 0 Å². The van der Waals surface area contributed by atoms with Gasteiger partial charge >= 0.3 is 0 Å². The SMILES string of the molecule is COc1cccc2c1C[C@H]1O[C@@H](CO)CN(Cc3ccccc3)[C@@H]1C2.COc1cccc2c1C[C@H]1O[C@@H](CO)CN[C@@H]1C2. The third-order valence-corrected chi connectivity index (χ3v) is 9.34. The lowest BCUT2D eigenvalue weighted by Gasteiger charge is -2.47. The molecular formula is C35H44N2O6. The van der Waals surface area contributed by atoms with Crippen LogP contribution in [0.5, 0.6) is 11.5 Å². The number of aliphatic hydroxyl groups excluding tert-OH is 2. The van der Waals surface area contributed by atoms with Crippen LogP contribution in [-0.2, 0) is 41.7 Å². The van der Waals surface area contributed by atoms with Gasteiger partial charge in [0, 0.05) is 44.6 Å². The normalized spacial score (nSPS) is 27.8. The molecular weight excluding hydrogens is 544 g/mol. The fraction of sp³-hybridized carbons (Fsp3) is 0.486. The lowest BCUT2D eigenvalue weighted by atomic mass is 9.83. The highest BCUT2D eigenvalue weighted by molar-refractivity contribution is 5.44. The Morgan fingerprint density at radius 2 is 1.37 bits per heavy atom. The molecule has 2 saturated heterocycles. The summed E-state index contributed by atoms with van der Waals surface area (Å²) in [4.78, 5) is 2.48. The first-order valence-corrected chi connectivity index (χ1v) is 15.4. The molecule has 3 N–H and O–H groups in total. The summed E-state index contributed by atoms with van der Waals surface area (Å²) in [5.74, 6) is 1.89. The van der Waals surface area contributed by atoms with Crippen molar-refractivity contribution >= 4 is 0 Å². The van der Waals surface area contributed by atoms with Crippen molar-refractivity contribution in [2.75, 3.05) is 40.5 Å². The summed E-state index contributed by atoms with van der Waals surface area (Å²) >= 11 is 0. The molecule has 6 atom stereocenters. The first-order chi connectivity index (χ1) is 21.1. The number of hydrogen-bond acceptors (Lipinski definition) is 8. The van der Waals surface area contributed by atoms with E-state index in [2.05, 4.69) is 52.7 Å². The van der Waals surface area contributed by atoms with E-state index in [9.17, 15) is 10.2 Å². The first kappa shape index (κ1) is 30.1. The fourth-order valence-corrected chi connectivity index (χ4v) is 7.18. The Kier molecular flexibility index (Phi) is 9.62. The maximum atomic E-state index is 9.68. The smallest absolute Gasteiger partial charge is 0.122 e. The topological polar surface area (TPSA) is 92.7 Å². The van der Waals surface area contributed by atoms with Crippen molar-refractivity contribution in [3.63, 3.8) is 0 Å². The van der Waals surface area contributed by atoms with Gasteiger partial charge in [0.25, 0.3) is 0 Å². The number of nitrogens with zero attached hydrogens (tertiary/aromatic N) is 1. The van der Waals surface area contributed by atoms with Gasteiger partial charge in [-0.2, -0.15) is 0 Å². The summed E-state index contributed by atoms with van der Waals surface area (Å²) in [5.41, 5.74) is 6.50. The molecule has 0 bridgehead atoms. The molecule has 0 aromatic heterocycles. The molecule has 8 nitrogen and oxygen atoms in total. The van der Waals surface area contributed by atoms with Gasteiger partial charge in [-0.05, 0) is 52.8 Å². The Balaban J connectivity index is 0.000000162. The number of fused-ring (bicyclic) bond motifs is 4. The molecule has 230 valence electrons. The molecule has 2 aliphatic heterocycles. The maximum Gasteiger partial charge on any atom is 0.122 e. The third-order valence-electron chi connectivity index (χ3n) is 9.34. The molecule has 0 radical (unpaired) electrons. The van der Waals surface area contributed by atoms with Crippen molar-refractivity contribution in [2.24, 2.45) is 0 Å². The number of ether oxygens (including phenoxy) is 4. The van der Waals surface area contributed by atoms with Crippen molar-refractivity contribution in [1.29, 1.82) is 0 Å². The van der Waals surface area contributed by atoms with E-state index in [0.717, 1.165) is 56.8 Å². The van der Waals surface area contributed by atoms with E-state index < -0.39 is 0 Å². The van der Waals surface area contributed by atoms with Gasteiger partial charge in [-0.3, -0.25) is 4.90 Å². The Labute approximate surface area is 254 Å². The lowest BCUT2D eigenvalue weighted by Crippen LogP contribution is -2.58. The number of morpholine rings is 2. The van der Waals surface area contributed by atoms with E-state index in [0.29, 0.717) is 12.1 Å². The summed E-state index contributed by atoms with van der Waals surface area (Å²) in [6, 6.07) is 23.7. The van der Waals surface area contributed by atoms with E-state index in [4.69, 9.17) is 18.9 Å². The molecule has 0 saturated carbocycles. The summed E-state index contributed by atoms with van der Waals surface area (Å²) in [7, 11) is 3.43. The van der Waals surface area contributed by atoms with E-state index in [1.54, 1.807) is 14.2 Å². The van der Waals surface area contributed by atoms with Crippen LogP contribution in [0, 0.1) is 0 Å². The molecule has 4 aliphatic rings. The van der Waals surface area contributed by atoms with E-state index in [1.165, 1.54) is 27.8 Å². The van der Waals surface area contributed by atoms with Crippen molar-refractivity contribution in [3.8, 4) is 11.5 Å². The van der Waals surface area contributed by atoms with Crippen LogP contribution < -0.4 is 14.8 Å². The predicted octanol–water partition coefficient (Wildman–Crippen LogP) is 2.94. The predicted molar refractivity (Wildman–Crippen MR) is 165 cm³/mol. The Hall–Kier alpha value is -2.98. The van der Waals surface area contributed by atoms with Gasteiger partial charge in [-0.25, -0.2) is 0 Å². The average molecular weight is 589 g/mol. The Morgan fingerprint density at radius 1 is 0.744 bits per heavy atom. The van der Waals surface area contributed by atoms with Gasteiger partial charge < -0.3 is 34.5 Å². The zero-order valence-electron chi connectivity index (χ0n) is 25.2. The van der Waals surface area contributed by atoms with Crippen LogP contribution in [-0.4, -0.2) is 92.1 Å². The highest BCUT2D eigenvalue weighted by Crippen LogP contribution is 2.36. The minimum atomic E-state index is -0.124. The van der Waals surface area contributed by atoms with Crippen LogP contribution in [0.4, 0.5) is 0 Å². The van der Waals surface area contributed by atoms with Gasteiger partial charge in [-0.1, -0.05) is 54.6 Å². The highest BCUT2D eigenvalue weighted by Gasteiger charge is 2.40.